The molecule has 2 N–H and O–H groups in total. The first kappa shape index (κ1) is 11.9. The van der Waals surface area contributed by atoms with Gasteiger partial charge in [-0.25, -0.2) is 0 Å². The van der Waals surface area contributed by atoms with E-state index in [-0.39, 0.29) is 11.6 Å². The molecule has 3 aliphatic rings. The van der Waals surface area contributed by atoms with E-state index in [4.69, 9.17) is 0 Å². The van der Waals surface area contributed by atoms with Crippen LogP contribution in [0.3, 0.4) is 0 Å². The van der Waals surface area contributed by atoms with Gasteiger partial charge in [0.05, 0.1) is 11.6 Å². The maximum atomic E-state index is 10.6. The lowest BCUT2D eigenvalue weighted by molar-refractivity contribution is -0.0759. The van der Waals surface area contributed by atoms with Crippen molar-refractivity contribution in [2.45, 2.75) is 44.2 Å². The standard InChI is InChI=1S/C16H22N2O/c1-10-7-11-8-13-12(3-2-5-17-13)16(9-10)15(11)14(19)4-6-18-16/h2-3,5,10-11,14-15,18-19H,4,6-9H2,1H3/t10-,11+,14?,15+,16+/m1/s1. The van der Waals surface area contributed by atoms with Gasteiger partial charge in [-0.15, -0.1) is 0 Å². The molecular weight excluding hydrogens is 236 g/mol. The van der Waals surface area contributed by atoms with Crippen LogP contribution in [-0.4, -0.2) is 22.7 Å². The number of piperidine rings is 1. The molecule has 19 heavy (non-hydrogen) atoms. The Balaban J connectivity index is 1.91. The zero-order valence-electron chi connectivity index (χ0n) is 11.5. The predicted molar refractivity (Wildman–Crippen MR) is 73.6 cm³/mol. The van der Waals surface area contributed by atoms with Crippen molar-refractivity contribution >= 4 is 0 Å². The number of rotatable bonds is 0. The molecule has 0 amide bonds. The van der Waals surface area contributed by atoms with Gasteiger partial charge in [0.15, 0.2) is 0 Å². The fourth-order valence-corrected chi connectivity index (χ4v) is 5.14. The Hall–Kier alpha value is -0.930. The van der Waals surface area contributed by atoms with E-state index in [0.29, 0.717) is 11.8 Å². The van der Waals surface area contributed by atoms with Crippen molar-refractivity contribution in [3.05, 3.63) is 29.6 Å². The van der Waals surface area contributed by atoms with E-state index >= 15 is 0 Å². The van der Waals surface area contributed by atoms with Crippen LogP contribution in [0.2, 0.25) is 0 Å². The molecule has 4 rings (SSSR count). The zero-order valence-corrected chi connectivity index (χ0v) is 11.5. The van der Waals surface area contributed by atoms with E-state index in [1.165, 1.54) is 17.7 Å². The predicted octanol–water partition coefficient (Wildman–Crippen LogP) is 1.85. The van der Waals surface area contributed by atoms with E-state index in [1.807, 2.05) is 12.3 Å². The summed E-state index contributed by atoms with van der Waals surface area (Å²) >= 11 is 0. The maximum absolute atomic E-state index is 10.6. The quantitative estimate of drug-likeness (QED) is 0.746. The second-order valence-corrected chi connectivity index (χ2v) is 6.79. The monoisotopic (exact) mass is 258 g/mol. The fourth-order valence-electron chi connectivity index (χ4n) is 5.14. The van der Waals surface area contributed by atoms with Crippen LogP contribution < -0.4 is 5.32 Å². The van der Waals surface area contributed by atoms with E-state index in [9.17, 15) is 5.11 Å². The smallest absolute Gasteiger partial charge is 0.0604 e. The minimum atomic E-state index is -0.146. The SMILES string of the molecule is C[C@@H]1C[C@H]2Cc3ncccc3[C@]3(C1)NCCC(O)[C@H]23. The van der Waals surface area contributed by atoms with Crippen LogP contribution in [0.15, 0.2) is 18.3 Å². The number of hydrogen-bond donors (Lipinski definition) is 2. The van der Waals surface area contributed by atoms with Gasteiger partial charge in [-0.05, 0) is 55.7 Å². The van der Waals surface area contributed by atoms with Crippen LogP contribution in [-0.2, 0) is 12.0 Å². The summed E-state index contributed by atoms with van der Waals surface area (Å²) in [5.74, 6) is 1.70. The number of nitrogens with one attached hydrogen (secondary N) is 1. The van der Waals surface area contributed by atoms with Crippen molar-refractivity contribution in [1.82, 2.24) is 10.3 Å². The first-order chi connectivity index (χ1) is 9.21. The second kappa shape index (κ2) is 4.03. The number of aliphatic hydroxyl groups is 1. The molecular formula is C16H22N2O. The Morgan fingerprint density at radius 1 is 1.47 bits per heavy atom. The number of aromatic nitrogens is 1. The van der Waals surface area contributed by atoms with Gasteiger partial charge in [-0.1, -0.05) is 13.0 Å². The van der Waals surface area contributed by atoms with Gasteiger partial charge >= 0.3 is 0 Å². The third-order valence-corrected chi connectivity index (χ3v) is 5.57. The molecule has 0 aromatic carbocycles. The van der Waals surface area contributed by atoms with Crippen molar-refractivity contribution < 1.29 is 5.11 Å². The highest BCUT2D eigenvalue weighted by Crippen LogP contribution is 2.55. The maximum Gasteiger partial charge on any atom is 0.0604 e. The third-order valence-electron chi connectivity index (χ3n) is 5.57. The summed E-state index contributed by atoms with van der Waals surface area (Å²) in [6.45, 7) is 3.28. The molecule has 1 saturated carbocycles. The number of pyridine rings is 1. The summed E-state index contributed by atoms with van der Waals surface area (Å²) < 4.78 is 0. The molecule has 1 aliphatic heterocycles. The first-order valence-corrected chi connectivity index (χ1v) is 7.58. The van der Waals surface area contributed by atoms with Crippen molar-refractivity contribution in [3.63, 3.8) is 0 Å². The summed E-state index contributed by atoms with van der Waals surface area (Å²) in [7, 11) is 0. The lowest BCUT2D eigenvalue weighted by atomic mass is 9.53. The van der Waals surface area contributed by atoms with Crippen molar-refractivity contribution in [3.8, 4) is 0 Å². The second-order valence-electron chi connectivity index (χ2n) is 6.79. The van der Waals surface area contributed by atoms with Crippen LogP contribution in [0.25, 0.3) is 0 Å². The molecule has 0 radical (unpaired) electrons. The van der Waals surface area contributed by atoms with Crippen molar-refractivity contribution in [1.29, 1.82) is 0 Å². The van der Waals surface area contributed by atoms with Gasteiger partial charge in [-0.2, -0.15) is 0 Å². The topological polar surface area (TPSA) is 45.2 Å². The van der Waals surface area contributed by atoms with Gasteiger partial charge in [0.25, 0.3) is 0 Å². The molecule has 102 valence electrons. The Kier molecular flexibility index (Phi) is 2.52. The summed E-state index contributed by atoms with van der Waals surface area (Å²) in [4.78, 5) is 4.62. The normalized spacial score (nSPS) is 44.3. The Morgan fingerprint density at radius 2 is 2.37 bits per heavy atom. The van der Waals surface area contributed by atoms with Gasteiger partial charge in [0, 0.05) is 17.8 Å². The van der Waals surface area contributed by atoms with Crippen molar-refractivity contribution in [2.24, 2.45) is 17.8 Å². The molecule has 2 fully saturated rings. The van der Waals surface area contributed by atoms with E-state index < -0.39 is 0 Å². The largest absolute Gasteiger partial charge is 0.393 e. The van der Waals surface area contributed by atoms with Crippen LogP contribution in [0.5, 0.6) is 0 Å². The molecule has 3 nitrogen and oxygen atoms in total. The van der Waals surface area contributed by atoms with E-state index in [0.717, 1.165) is 31.7 Å². The number of aliphatic hydroxyl groups excluding tert-OH is 1. The lowest BCUT2D eigenvalue weighted by Gasteiger charge is -2.58. The summed E-state index contributed by atoms with van der Waals surface area (Å²) in [5.41, 5.74) is 2.61. The Bertz CT molecular complexity index is 503. The summed E-state index contributed by atoms with van der Waals surface area (Å²) in [6, 6.07) is 4.28. The molecule has 3 heteroatoms. The molecule has 1 aromatic heterocycles. The summed E-state index contributed by atoms with van der Waals surface area (Å²) in [5, 5.41) is 14.3. The highest BCUT2D eigenvalue weighted by molar-refractivity contribution is 5.36. The molecule has 1 aromatic rings. The van der Waals surface area contributed by atoms with E-state index in [1.54, 1.807) is 0 Å². The van der Waals surface area contributed by atoms with Crippen molar-refractivity contribution in [2.75, 3.05) is 6.54 Å². The van der Waals surface area contributed by atoms with Gasteiger partial charge in [0.1, 0.15) is 0 Å². The Labute approximate surface area is 114 Å². The third kappa shape index (κ3) is 1.55. The highest BCUT2D eigenvalue weighted by atomic mass is 16.3. The minimum absolute atomic E-state index is 0.0121. The average Bonchev–Trinajstić information content (AvgIpc) is 2.38. The molecule has 1 unspecified atom stereocenters. The number of fused-ring (bicyclic) bond motifs is 1. The highest BCUT2D eigenvalue weighted by Gasteiger charge is 2.56. The minimum Gasteiger partial charge on any atom is -0.393 e. The molecule has 2 bridgehead atoms. The number of hydrogen-bond acceptors (Lipinski definition) is 3. The Morgan fingerprint density at radius 3 is 3.26 bits per heavy atom. The van der Waals surface area contributed by atoms with Crippen LogP contribution in [0.1, 0.15) is 37.4 Å². The fraction of sp³-hybridized carbons (Fsp3) is 0.688. The molecule has 0 spiro atoms. The summed E-state index contributed by atoms with van der Waals surface area (Å²) in [6.07, 6.45) is 6.09. The van der Waals surface area contributed by atoms with Gasteiger partial charge < -0.3 is 10.4 Å². The van der Waals surface area contributed by atoms with Crippen LogP contribution in [0, 0.1) is 17.8 Å². The molecule has 1 saturated heterocycles. The average molecular weight is 258 g/mol. The zero-order chi connectivity index (χ0) is 13.0. The van der Waals surface area contributed by atoms with Gasteiger partial charge in [0.2, 0.25) is 0 Å². The lowest BCUT2D eigenvalue weighted by Crippen LogP contribution is -2.64. The van der Waals surface area contributed by atoms with E-state index in [2.05, 4.69) is 23.3 Å². The first-order valence-electron chi connectivity index (χ1n) is 7.58. The van der Waals surface area contributed by atoms with Crippen LogP contribution >= 0.6 is 0 Å². The number of nitrogens with zero attached hydrogens (tertiary/aromatic N) is 1. The molecule has 5 atom stereocenters. The molecule has 2 heterocycles. The molecule has 2 aliphatic carbocycles. The van der Waals surface area contributed by atoms with Gasteiger partial charge in [-0.3, -0.25) is 4.98 Å². The van der Waals surface area contributed by atoms with Crippen LogP contribution in [0.4, 0.5) is 0 Å².